The molecule has 2 aromatic rings. The second-order valence-electron chi connectivity index (χ2n) is 5.24. The van der Waals surface area contributed by atoms with Crippen molar-refractivity contribution in [3.8, 4) is 0 Å². The summed E-state index contributed by atoms with van der Waals surface area (Å²) in [6.07, 6.45) is 0.524. The molecule has 4 heteroatoms. The molecule has 1 N–H and O–H groups in total. The van der Waals surface area contributed by atoms with E-state index in [0.717, 1.165) is 28.1 Å². The highest BCUT2D eigenvalue weighted by atomic mass is 16.1. The Hall–Kier alpha value is -1.97. The summed E-state index contributed by atoms with van der Waals surface area (Å²) in [5.41, 5.74) is 4.29. The molecule has 2 rings (SSSR count). The van der Waals surface area contributed by atoms with Crippen molar-refractivity contribution in [2.24, 2.45) is 5.92 Å². The number of aromatic nitrogens is 2. The first-order valence-electron chi connectivity index (χ1n) is 6.50. The lowest BCUT2D eigenvalue weighted by Gasteiger charge is -2.08. The van der Waals surface area contributed by atoms with E-state index in [9.17, 15) is 4.79 Å². The van der Waals surface area contributed by atoms with Crippen molar-refractivity contribution in [3.63, 3.8) is 0 Å². The molecule has 1 heterocycles. The third-order valence-corrected chi connectivity index (χ3v) is 2.95. The molecule has 0 saturated carbocycles. The Morgan fingerprint density at radius 3 is 2.42 bits per heavy atom. The van der Waals surface area contributed by atoms with Crippen LogP contribution < -0.4 is 5.32 Å². The first-order chi connectivity index (χ1) is 8.95. The predicted octanol–water partition coefficient (Wildman–Crippen LogP) is 3.23. The number of aryl methyl sites for hydroxylation is 2. The zero-order valence-corrected chi connectivity index (χ0v) is 11.8. The van der Waals surface area contributed by atoms with Crippen LogP contribution in [0, 0.1) is 19.8 Å². The van der Waals surface area contributed by atoms with Crippen LogP contribution in [-0.2, 0) is 4.79 Å². The van der Waals surface area contributed by atoms with Crippen molar-refractivity contribution in [1.29, 1.82) is 0 Å². The maximum absolute atomic E-state index is 11.7. The molecule has 1 aromatic heterocycles. The van der Waals surface area contributed by atoms with Crippen LogP contribution in [-0.4, -0.2) is 15.9 Å². The Morgan fingerprint density at radius 1 is 1.16 bits per heavy atom. The van der Waals surface area contributed by atoms with E-state index in [1.165, 1.54) is 0 Å². The highest BCUT2D eigenvalue weighted by Crippen LogP contribution is 2.18. The maximum Gasteiger partial charge on any atom is 0.224 e. The Labute approximate surface area is 113 Å². The summed E-state index contributed by atoms with van der Waals surface area (Å²) in [7, 11) is 0. The van der Waals surface area contributed by atoms with Gasteiger partial charge in [0, 0.05) is 12.1 Å². The zero-order chi connectivity index (χ0) is 14.0. The van der Waals surface area contributed by atoms with Crippen molar-refractivity contribution < 1.29 is 4.79 Å². The number of rotatable bonds is 3. The first kappa shape index (κ1) is 13.5. The molecule has 19 heavy (non-hydrogen) atoms. The summed E-state index contributed by atoms with van der Waals surface area (Å²) in [6.45, 7) is 7.93. The largest absolute Gasteiger partial charge is 0.326 e. The van der Waals surface area contributed by atoms with Gasteiger partial charge in [-0.05, 0) is 38.0 Å². The van der Waals surface area contributed by atoms with Crippen LogP contribution in [0.2, 0.25) is 0 Å². The van der Waals surface area contributed by atoms with Gasteiger partial charge in [0.2, 0.25) is 5.91 Å². The first-order valence-corrected chi connectivity index (χ1v) is 6.50. The van der Waals surface area contributed by atoms with E-state index < -0.39 is 0 Å². The SMILES string of the molecule is Cc1nc2ccc(NC(=O)CC(C)C)cc2nc1C. The summed E-state index contributed by atoms with van der Waals surface area (Å²) >= 11 is 0. The second-order valence-corrected chi connectivity index (χ2v) is 5.24. The molecule has 0 aliphatic carbocycles. The summed E-state index contributed by atoms with van der Waals surface area (Å²) in [6, 6.07) is 5.62. The van der Waals surface area contributed by atoms with Crippen LogP contribution in [0.4, 0.5) is 5.69 Å². The van der Waals surface area contributed by atoms with Crippen LogP contribution in [0.1, 0.15) is 31.7 Å². The molecule has 0 saturated heterocycles. The van der Waals surface area contributed by atoms with Crippen LogP contribution in [0.15, 0.2) is 18.2 Å². The predicted molar refractivity (Wildman–Crippen MR) is 77.1 cm³/mol. The Balaban J connectivity index is 2.26. The van der Waals surface area contributed by atoms with Gasteiger partial charge in [-0.25, -0.2) is 9.97 Å². The number of nitrogens with zero attached hydrogens (tertiary/aromatic N) is 2. The zero-order valence-electron chi connectivity index (χ0n) is 11.8. The number of benzene rings is 1. The van der Waals surface area contributed by atoms with E-state index in [0.29, 0.717) is 12.3 Å². The lowest BCUT2D eigenvalue weighted by atomic mass is 10.1. The van der Waals surface area contributed by atoms with Gasteiger partial charge in [-0.1, -0.05) is 13.8 Å². The molecule has 0 bridgehead atoms. The van der Waals surface area contributed by atoms with E-state index >= 15 is 0 Å². The number of nitrogens with one attached hydrogen (secondary N) is 1. The number of hydrogen-bond donors (Lipinski definition) is 1. The number of carbonyl (C=O) groups is 1. The van der Waals surface area contributed by atoms with Gasteiger partial charge in [-0.15, -0.1) is 0 Å². The molecule has 0 unspecified atom stereocenters. The van der Waals surface area contributed by atoms with E-state index in [4.69, 9.17) is 0 Å². The minimum atomic E-state index is 0.0335. The van der Waals surface area contributed by atoms with E-state index in [-0.39, 0.29) is 5.91 Å². The van der Waals surface area contributed by atoms with Crippen molar-refractivity contribution in [2.75, 3.05) is 5.32 Å². The van der Waals surface area contributed by atoms with Crippen LogP contribution in [0.25, 0.3) is 11.0 Å². The molecule has 0 atom stereocenters. The number of amides is 1. The normalized spacial score (nSPS) is 11.0. The summed E-state index contributed by atoms with van der Waals surface area (Å²) in [5.74, 6) is 0.385. The number of hydrogen-bond acceptors (Lipinski definition) is 3. The molecule has 4 nitrogen and oxygen atoms in total. The number of carbonyl (C=O) groups excluding carboxylic acids is 1. The van der Waals surface area contributed by atoms with Gasteiger partial charge in [0.05, 0.1) is 22.4 Å². The molecule has 1 aromatic carbocycles. The topological polar surface area (TPSA) is 54.9 Å². The van der Waals surface area contributed by atoms with Crippen molar-refractivity contribution in [2.45, 2.75) is 34.1 Å². The quantitative estimate of drug-likeness (QED) is 0.918. The molecule has 0 fully saturated rings. The minimum Gasteiger partial charge on any atom is -0.326 e. The molecule has 0 radical (unpaired) electrons. The molecular weight excluding hydrogens is 238 g/mol. The van der Waals surface area contributed by atoms with Crippen LogP contribution in [0.3, 0.4) is 0 Å². The maximum atomic E-state index is 11.7. The summed E-state index contributed by atoms with van der Waals surface area (Å²) in [5, 5.41) is 2.89. The smallest absolute Gasteiger partial charge is 0.224 e. The standard InChI is InChI=1S/C15H19N3O/c1-9(2)7-15(19)18-12-5-6-13-14(8-12)17-11(4)10(3)16-13/h5-6,8-9H,7H2,1-4H3,(H,18,19). The van der Waals surface area contributed by atoms with E-state index in [1.807, 2.05) is 45.9 Å². The molecule has 0 aliphatic rings. The molecule has 100 valence electrons. The third kappa shape index (κ3) is 3.28. The Kier molecular flexibility index (Phi) is 3.79. The fourth-order valence-electron chi connectivity index (χ4n) is 1.89. The van der Waals surface area contributed by atoms with Gasteiger partial charge in [0.15, 0.2) is 0 Å². The fourth-order valence-corrected chi connectivity index (χ4v) is 1.89. The number of anilines is 1. The van der Waals surface area contributed by atoms with Gasteiger partial charge < -0.3 is 5.32 Å². The number of fused-ring (bicyclic) bond motifs is 1. The lowest BCUT2D eigenvalue weighted by Crippen LogP contribution is -2.13. The Morgan fingerprint density at radius 2 is 1.79 bits per heavy atom. The van der Waals surface area contributed by atoms with Crippen molar-refractivity contribution in [1.82, 2.24) is 9.97 Å². The van der Waals surface area contributed by atoms with Crippen molar-refractivity contribution in [3.05, 3.63) is 29.6 Å². The van der Waals surface area contributed by atoms with E-state index in [1.54, 1.807) is 0 Å². The summed E-state index contributed by atoms with van der Waals surface area (Å²) in [4.78, 5) is 20.7. The monoisotopic (exact) mass is 257 g/mol. The lowest BCUT2D eigenvalue weighted by molar-refractivity contribution is -0.116. The molecular formula is C15H19N3O. The molecule has 0 aliphatic heterocycles. The third-order valence-electron chi connectivity index (χ3n) is 2.95. The molecule has 0 spiro atoms. The average Bonchev–Trinajstić information content (AvgIpc) is 2.30. The highest BCUT2D eigenvalue weighted by molar-refractivity contribution is 5.93. The molecule has 1 amide bonds. The van der Waals surface area contributed by atoms with Gasteiger partial charge >= 0.3 is 0 Å². The second kappa shape index (κ2) is 5.34. The summed E-state index contributed by atoms with van der Waals surface area (Å²) < 4.78 is 0. The van der Waals surface area contributed by atoms with E-state index in [2.05, 4.69) is 15.3 Å². The van der Waals surface area contributed by atoms with Crippen LogP contribution >= 0.6 is 0 Å². The van der Waals surface area contributed by atoms with Crippen LogP contribution in [0.5, 0.6) is 0 Å². The van der Waals surface area contributed by atoms with Crippen molar-refractivity contribution >= 4 is 22.6 Å². The highest BCUT2D eigenvalue weighted by Gasteiger charge is 2.07. The fraction of sp³-hybridized carbons (Fsp3) is 0.400. The minimum absolute atomic E-state index is 0.0335. The van der Waals surface area contributed by atoms with Gasteiger partial charge in [-0.3, -0.25) is 4.79 Å². The van der Waals surface area contributed by atoms with Gasteiger partial charge in [0.1, 0.15) is 0 Å². The Bertz CT molecular complexity index is 620. The average molecular weight is 257 g/mol. The van der Waals surface area contributed by atoms with Gasteiger partial charge in [-0.2, -0.15) is 0 Å². The van der Waals surface area contributed by atoms with Gasteiger partial charge in [0.25, 0.3) is 0 Å².